The van der Waals surface area contributed by atoms with Crippen LogP contribution in [0.1, 0.15) is 30.8 Å². The highest BCUT2D eigenvalue weighted by Crippen LogP contribution is 2.34. The van der Waals surface area contributed by atoms with Crippen molar-refractivity contribution in [2.45, 2.75) is 32.9 Å². The summed E-state index contributed by atoms with van der Waals surface area (Å²) in [7, 11) is 0. The average Bonchev–Trinajstić information content (AvgIpc) is 2.80. The number of imidazole rings is 1. The zero-order valence-corrected chi connectivity index (χ0v) is 11.8. The smallest absolute Gasteiger partial charge is 0.303 e. The summed E-state index contributed by atoms with van der Waals surface area (Å²) < 4.78 is 8.50. The van der Waals surface area contributed by atoms with Crippen LogP contribution in [-0.2, 0) is 16.1 Å². The van der Waals surface area contributed by atoms with E-state index in [0.29, 0.717) is 0 Å². The molecular weight excluding hydrogens is 296 g/mol. The van der Waals surface area contributed by atoms with Crippen molar-refractivity contribution in [1.82, 2.24) is 9.55 Å². The van der Waals surface area contributed by atoms with E-state index >= 15 is 0 Å². The molecule has 0 aliphatic carbocycles. The number of hydrogen-bond donors (Lipinski definition) is 0. The number of ether oxygens (including phenoxy) is 1. The van der Waals surface area contributed by atoms with E-state index in [1.807, 2.05) is 6.92 Å². The molecule has 1 atom stereocenters. The molecule has 0 amide bonds. The zero-order valence-electron chi connectivity index (χ0n) is 10.2. The van der Waals surface area contributed by atoms with Gasteiger partial charge in [-0.2, -0.15) is 0 Å². The third-order valence-corrected chi connectivity index (χ3v) is 4.12. The Kier molecular flexibility index (Phi) is 2.66. The fraction of sp³-hybridized carbons (Fsp3) is 0.385. The van der Waals surface area contributed by atoms with E-state index in [0.717, 1.165) is 39.9 Å². The lowest BCUT2D eigenvalue weighted by Crippen LogP contribution is -2.06. The van der Waals surface area contributed by atoms with E-state index in [-0.39, 0.29) is 12.1 Å². The Balaban J connectivity index is 2.12. The van der Waals surface area contributed by atoms with Crippen molar-refractivity contribution in [2.24, 2.45) is 0 Å². The molecule has 1 aromatic carbocycles. The highest BCUT2D eigenvalue weighted by molar-refractivity contribution is 9.10. The number of aromatic nitrogens is 2. The SMILES string of the molecule is CC(=O)OC1CCn2c1nc1cc(C)c(Br)cc12. The van der Waals surface area contributed by atoms with Gasteiger partial charge in [0.15, 0.2) is 11.9 Å². The number of carbonyl (C=O) groups excluding carboxylic acids is 1. The summed E-state index contributed by atoms with van der Waals surface area (Å²) >= 11 is 3.54. The molecule has 1 aliphatic rings. The van der Waals surface area contributed by atoms with Crippen LogP contribution in [0, 0.1) is 6.92 Å². The fourth-order valence-electron chi connectivity index (χ4n) is 2.44. The van der Waals surface area contributed by atoms with E-state index in [2.05, 4.69) is 37.6 Å². The van der Waals surface area contributed by atoms with Crippen molar-refractivity contribution in [3.05, 3.63) is 28.0 Å². The maximum atomic E-state index is 11.1. The Morgan fingerprint density at radius 1 is 1.56 bits per heavy atom. The van der Waals surface area contributed by atoms with Gasteiger partial charge in [0, 0.05) is 24.4 Å². The highest BCUT2D eigenvalue weighted by atomic mass is 79.9. The van der Waals surface area contributed by atoms with Crippen LogP contribution in [0.5, 0.6) is 0 Å². The first-order valence-electron chi connectivity index (χ1n) is 5.90. The van der Waals surface area contributed by atoms with Crippen molar-refractivity contribution in [1.29, 1.82) is 0 Å². The molecule has 0 fully saturated rings. The monoisotopic (exact) mass is 308 g/mol. The molecule has 0 bridgehead atoms. The zero-order chi connectivity index (χ0) is 12.9. The normalized spacial score (nSPS) is 18.1. The average molecular weight is 309 g/mol. The molecule has 0 spiro atoms. The number of benzene rings is 1. The van der Waals surface area contributed by atoms with Gasteiger partial charge in [0.1, 0.15) is 0 Å². The first-order valence-corrected chi connectivity index (χ1v) is 6.69. The second kappa shape index (κ2) is 4.09. The number of hydrogen-bond acceptors (Lipinski definition) is 3. The summed E-state index contributed by atoms with van der Waals surface area (Å²) in [6.45, 7) is 4.32. The van der Waals surface area contributed by atoms with E-state index in [1.54, 1.807) is 0 Å². The van der Waals surface area contributed by atoms with Crippen molar-refractivity contribution >= 4 is 32.9 Å². The number of halogens is 1. The molecule has 94 valence electrons. The highest BCUT2D eigenvalue weighted by Gasteiger charge is 2.28. The van der Waals surface area contributed by atoms with Gasteiger partial charge in [0.2, 0.25) is 0 Å². The minimum Gasteiger partial charge on any atom is -0.454 e. The van der Waals surface area contributed by atoms with E-state index < -0.39 is 0 Å². The van der Waals surface area contributed by atoms with Crippen LogP contribution in [0.4, 0.5) is 0 Å². The van der Waals surface area contributed by atoms with Crippen LogP contribution in [0.15, 0.2) is 16.6 Å². The lowest BCUT2D eigenvalue weighted by atomic mass is 10.2. The van der Waals surface area contributed by atoms with Crippen molar-refractivity contribution in [3.63, 3.8) is 0 Å². The van der Waals surface area contributed by atoms with Crippen LogP contribution in [0.25, 0.3) is 11.0 Å². The van der Waals surface area contributed by atoms with Crippen molar-refractivity contribution < 1.29 is 9.53 Å². The lowest BCUT2D eigenvalue weighted by molar-refractivity contribution is -0.146. The van der Waals surface area contributed by atoms with Crippen LogP contribution < -0.4 is 0 Å². The number of fused-ring (bicyclic) bond motifs is 3. The van der Waals surface area contributed by atoms with Gasteiger partial charge in [0.25, 0.3) is 0 Å². The van der Waals surface area contributed by atoms with Crippen LogP contribution >= 0.6 is 15.9 Å². The molecule has 0 saturated heterocycles. The molecule has 1 unspecified atom stereocenters. The summed E-state index contributed by atoms with van der Waals surface area (Å²) in [5.74, 6) is 0.607. The Hall–Kier alpha value is -1.36. The maximum Gasteiger partial charge on any atom is 0.303 e. The number of nitrogens with zero attached hydrogens (tertiary/aromatic N) is 2. The number of rotatable bonds is 1. The Bertz CT molecular complexity index is 648. The molecule has 18 heavy (non-hydrogen) atoms. The molecule has 1 aromatic heterocycles. The van der Waals surface area contributed by atoms with Gasteiger partial charge in [0.05, 0.1) is 11.0 Å². The van der Waals surface area contributed by atoms with Crippen LogP contribution in [-0.4, -0.2) is 15.5 Å². The molecule has 0 radical (unpaired) electrons. The topological polar surface area (TPSA) is 44.1 Å². The quantitative estimate of drug-likeness (QED) is 0.760. The summed E-state index contributed by atoms with van der Waals surface area (Å²) in [5.41, 5.74) is 3.21. The maximum absolute atomic E-state index is 11.1. The molecule has 3 rings (SSSR count). The summed E-state index contributed by atoms with van der Waals surface area (Å²) in [6, 6.07) is 4.13. The third-order valence-electron chi connectivity index (χ3n) is 3.27. The van der Waals surface area contributed by atoms with Crippen molar-refractivity contribution in [2.75, 3.05) is 0 Å². The van der Waals surface area contributed by atoms with Gasteiger partial charge in [-0.3, -0.25) is 4.79 Å². The largest absolute Gasteiger partial charge is 0.454 e. The molecule has 1 aliphatic heterocycles. The van der Waals surface area contributed by atoms with E-state index in [9.17, 15) is 4.79 Å². The first-order chi connectivity index (χ1) is 8.56. The van der Waals surface area contributed by atoms with Crippen LogP contribution in [0.3, 0.4) is 0 Å². The predicted octanol–water partition coefficient (Wildman–Crippen LogP) is 3.12. The fourth-order valence-corrected chi connectivity index (χ4v) is 2.77. The summed E-state index contributed by atoms with van der Waals surface area (Å²) in [4.78, 5) is 15.7. The standard InChI is InChI=1S/C13H13BrN2O2/c1-7-5-10-11(6-9(7)14)16-4-3-12(13(16)15-10)18-8(2)17/h5-6,12H,3-4H2,1-2H3. The molecule has 4 nitrogen and oxygen atoms in total. The molecule has 2 aromatic rings. The van der Waals surface area contributed by atoms with Gasteiger partial charge in [-0.15, -0.1) is 0 Å². The lowest BCUT2D eigenvalue weighted by Gasteiger charge is -2.07. The predicted molar refractivity (Wildman–Crippen MR) is 71.3 cm³/mol. The minimum absolute atomic E-state index is 0.200. The van der Waals surface area contributed by atoms with Gasteiger partial charge < -0.3 is 9.30 Å². The molecule has 0 saturated carbocycles. The summed E-state index contributed by atoms with van der Waals surface area (Å²) in [6.07, 6.45) is 0.609. The molecule has 2 heterocycles. The first kappa shape index (κ1) is 11.7. The van der Waals surface area contributed by atoms with Gasteiger partial charge in [-0.1, -0.05) is 15.9 Å². The second-order valence-corrected chi connectivity index (χ2v) is 5.45. The molecule has 5 heteroatoms. The second-order valence-electron chi connectivity index (χ2n) is 4.60. The third kappa shape index (κ3) is 1.73. The Morgan fingerprint density at radius 3 is 3.06 bits per heavy atom. The number of carbonyl (C=O) groups is 1. The number of esters is 1. The minimum atomic E-state index is -0.252. The number of aryl methyl sites for hydroxylation is 2. The Labute approximate surface area is 113 Å². The van der Waals surface area contributed by atoms with Gasteiger partial charge >= 0.3 is 5.97 Å². The molecule has 0 N–H and O–H groups in total. The molecular formula is C13H13BrN2O2. The van der Waals surface area contributed by atoms with Gasteiger partial charge in [-0.05, 0) is 24.6 Å². The van der Waals surface area contributed by atoms with E-state index in [1.165, 1.54) is 6.92 Å². The Morgan fingerprint density at radius 2 is 2.33 bits per heavy atom. The van der Waals surface area contributed by atoms with Crippen molar-refractivity contribution in [3.8, 4) is 0 Å². The van der Waals surface area contributed by atoms with E-state index in [4.69, 9.17) is 4.74 Å². The summed E-state index contributed by atoms with van der Waals surface area (Å²) in [5, 5.41) is 0. The van der Waals surface area contributed by atoms with Gasteiger partial charge in [-0.25, -0.2) is 4.98 Å². The van der Waals surface area contributed by atoms with Crippen LogP contribution in [0.2, 0.25) is 0 Å².